The molecule has 0 saturated heterocycles. The molecule has 0 aromatic carbocycles. The Morgan fingerprint density at radius 1 is 1.69 bits per heavy atom. The van der Waals surface area contributed by atoms with Crippen LogP contribution in [0.2, 0.25) is 0 Å². The van der Waals surface area contributed by atoms with Crippen LogP contribution in [0.5, 0.6) is 0 Å². The van der Waals surface area contributed by atoms with Crippen LogP contribution < -0.4 is 0 Å². The van der Waals surface area contributed by atoms with Crippen molar-refractivity contribution in [3.8, 4) is 0 Å². The number of hydrogen-bond acceptors (Lipinski definition) is 3. The molecule has 0 aliphatic heterocycles. The summed E-state index contributed by atoms with van der Waals surface area (Å²) in [5.41, 5.74) is 0. The summed E-state index contributed by atoms with van der Waals surface area (Å²) in [5, 5.41) is 8.05. The molecule has 1 rings (SSSR count). The summed E-state index contributed by atoms with van der Waals surface area (Å²) in [6, 6.07) is 0. The highest BCUT2D eigenvalue weighted by molar-refractivity contribution is 8.09. The summed E-state index contributed by atoms with van der Waals surface area (Å²) in [5.74, 6) is -2.99. The second-order valence-electron chi connectivity index (χ2n) is 2.69. The zero-order valence-corrected chi connectivity index (χ0v) is 9.31. The van der Waals surface area contributed by atoms with Gasteiger partial charge in [-0.3, -0.25) is 4.57 Å². The molecule has 1 aliphatic rings. The standard InChI is InChI=1S/C7H9Cl2O3P/c1-12-6-2-4-7(10,5-3-6)13(8,9)11/h2-4,10H,5H2,1H3. The van der Waals surface area contributed by atoms with Gasteiger partial charge < -0.3 is 9.84 Å². The van der Waals surface area contributed by atoms with Gasteiger partial charge in [-0.2, -0.15) is 0 Å². The number of ether oxygens (including phenoxy) is 1. The van der Waals surface area contributed by atoms with Crippen LogP contribution in [0.4, 0.5) is 0 Å². The van der Waals surface area contributed by atoms with Crippen molar-refractivity contribution in [1.29, 1.82) is 0 Å². The van der Waals surface area contributed by atoms with Crippen LogP contribution in [0.25, 0.3) is 0 Å². The van der Waals surface area contributed by atoms with Crippen LogP contribution >= 0.6 is 28.3 Å². The normalized spacial score (nSPS) is 28.5. The molecule has 1 atom stereocenters. The molecule has 1 unspecified atom stereocenters. The lowest BCUT2D eigenvalue weighted by Crippen LogP contribution is -2.23. The van der Waals surface area contributed by atoms with E-state index in [-0.39, 0.29) is 6.42 Å². The summed E-state index contributed by atoms with van der Waals surface area (Å²) in [6.45, 7) is 0. The Morgan fingerprint density at radius 2 is 2.31 bits per heavy atom. The summed E-state index contributed by atoms with van der Waals surface area (Å²) >= 11 is 10.8. The fourth-order valence-corrected chi connectivity index (χ4v) is 2.25. The first-order valence-corrected chi connectivity index (χ1v) is 7.06. The van der Waals surface area contributed by atoms with Crippen LogP contribution in [-0.2, 0) is 9.30 Å². The van der Waals surface area contributed by atoms with E-state index in [4.69, 9.17) is 27.2 Å². The van der Waals surface area contributed by atoms with E-state index >= 15 is 0 Å². The number of hydrogen-bond donors (Lipinski definition) is 1. The second-order valence-corrected chi connectivity index (χ2v) is 7.76. The first kappa shape index (κ1) is 11.1. The molecular formula is C7H9Cl2O3P. The second kappa shape index (κ2) is 3.66. The maximum absolute atomic E-state index is 11.2. The third-order valence-corrected chi connectivity index (χ3v) is 4.79. The highest BCUT2D eigenvalue weighted by Gasteiger charge is 2.42. The number of rotatable bonds is 2. The molecule has 0 radical (unpaired) electrons. The third-order valence-electron chi connectivity index (χ3n) is 1.80. The van der Waals surface area contributed by atoms with E-state index in [1.54, 1.807) is 6.08 Å². The lowest BCUT2D eigenvalue weighted by molar-refractivity contribution is 0.174. The molecule has 1 N–H and O–H groups in total. The number of aliphatic hydroxyl groups is 1. The maximum atomic E-state index is 11.2. The Balaban J connectivity index is 2.87. The molecule has 0 bridgehead atoms. The molecule has 74 valence electrons. The van der Waals surface area contributed by atoms with Gasteiger partial charge in [0.15, 0.2) is 5.34 Å². The first-order chi connectivity index (χ1) is 5.89. The third kappa shape index (κ3) is 2.29. The minimum Gasteiger partial charge on any atom is -0.497 e. The highest BCUT2D eigenvalue weighted by atomic mass is 35.9. The fourth-order valence-electron chi connectivity index (χ4n) is 0.947. The Labute approximate surface area is 85.9 Å². The van der Waals surface area contributed by atoms with Crippen LogP contribution in [0.15, 0.2) is 24.0 Å². The van der Waals surface area contributed by atoms with Gasteiger partial charge in [0.1, 0.15) is 5.76 Å². The van der Waals surface area contributed by atoms with Gasteiger partial charge in [0.25, 0.3) is 5.85 Å². The Morgan fingerprint density at radius 3 is 2.62 bits per heavy atom. The number of methoxy groups -OCH3 is 1. The van der Waals surface area contributed by atoms with E-state index in [0.717, 1.165) is 0 Å². The molecule has 0 amide bonds. The van der Waals surface area contributed by atoms with Crippen LogP contribution in [0, 0.1) is 0 Å². The van der Waals surface area contributed by atoms with Crippen molar-refractivity contribution in [2.24, 2.45) is 0 Å². The monoisotopic (exact) mass is 242 g/mol. The molecular weight excluding hydrogens is 234 g/mol. The van der Waals surface area contributed by atoms with Gasteiger partial charge in [0.05, 0.1) is 7.11 Å². The van der Waals surface area contributed by atoms with Gasteiger partial charge in [0.2, 0.25) is 0 Å². The Bertz CT molecular complexity index is 307. The molecule has 0 aromatic rings. The number of halogens is 2. The van der Waals surface area contributed by atoms with Crippen LogP contribution in [0.1, 0.15) is 6.42 Å². The smallest absolute Gasteiger partial charge is 0.287 e. The fraction of sp³-hybridized carbons (Fsp3) is 0.429. The van der Waals surface area contributed by atoms with E-state index < -0.39 is 11.2 Å². The van der Waals surface area contributed by atoms with E-state index in [0.29, 0.717) is 5.76 Å². The van der Waals surface area contributed by atoms with Crippen LogP contribution in [-0.4, -0.2) is 17.6 Å². The van der Waals surface area contributed by atoms with Gasteiger partial charge in [-0.25, -0.2) is 0 Å². The van der Waals surface area contributed by atoms with Crippen molar-refractivity contribution < 1.29 is 14.4 Å². The minimum atomic E-state index is -3.58. The summed E-state index contributed by atoms with van der Waals surface area (Å²) < 4.78 is 16.1. The molecule has 0 spiro atoms. The molecule has 1 aliphatic carbocycles. The van der Waals surface area contributed by atoms with Crippen molar-refractivity contribution in [3.05, 3.63) is 24.0 Å². The highest BCUT2D eigenvalue weighted by Crippen LogP contribution is 2.68. The predicted molar refractivity (Wildman–Crippen MR) is 53.1 cm³/mol. The first-order valence-electron chi connectivity index (χ1n) is 3.54. The summed E-state index contributed by atoms with van der Waals surface area (Å²) in [6.07, 6.45) is 4.46. The molecule has 0 saturated carbocycles. The predicted octanol–water partition coefficient (Wildman–Crippen LogP) is 2.84. The van der Waals surface area contributed by atoms with Gasteiger partial charge in [0, 0.05) is 6.42 Å². The Hall–Kier alpha value is 0.0500. The summed E-state index contributed by atoms with van der Waals surface area (Å²) in [7, 11) is 1.50. The molecule has 6 heteroatoms. The van der Waals surface area contributed by atoms with Gasteiger partial charge in [-0.05, 0) is 40.7 Å². The SMILES string of the molecule is COC1=CCC(O)(P(=O)(Cl)Cl)C=C1. The van der Waals surface area contributed by atoms with Crippen molar-refractivity contribution in [3.63, 3.8) is 0 Å². The van der Waals surface area contributed by atoms with Crippen LogP contribution in [0.3, 0.4) is 0 Å². The lowest BCUT2D eigenvalue weighted by atomic mass is 10.1. The molecule has 0 heterocycles. The van der Waals surface area contributed by atoms with Gasteiger partial charge in [-0.1, -0.05) is 0 Å². The molecule has 0 fully saturated rings. The average Bonchev–Trinajstić information content (AvgIpc) is 2.04. The van der Waals surface area contributed by atoms with Crippen molar-refractivity contribution in [2.75, 3.05) is 7.11 Å². The topological polar surface area (TPSA) is 46.5 Å². The molecule has 0 aromatic heterocycles. The van der Waals surface area contributed by atoms with Crippen molar-refractivity contribution >= 4 is 28.3 Å². The van der Waals surface area contributed by atoms with E-state index in [1.807, 2.05) is 0 Å². The average molecular weight is 243 g/mol. The Kier molecular flexibility index (Phi) is 3.13. The van der Waals surface area contributed by atoms with E-state index in [1.165, 1.54) is 19.3 Å². The maximum Gasteiger partial charge on any atom is 0.287 e. The molecule has 3 nitrogen and oxygen atoms in total. The van der Waals surface area contributed by atoms with Crippen molar-refractivity contribution in [1.82, 2.24) is 0 Å². The quantitative estimate of drug-likeness (QED) is 0.758. The van der Waals surface area contributed by atoms with E-state index in [2.05, 4.69) is 0 Å². The van der Waals surface area contributed by atoms with E-state index in [9.17, 15) is 9.67 Å². The zero-order valence-electron chi connectivity index (χ0n) is 6.91. The minimum absolute atomic E-state index is 0.0942. The molecule has 13 heavy (non-hydrogen) atoms. The number of allylic oxidation sites excluding steroid dienone is 1. The van der Waals surface area contributed by atoms with Gasteiger partial charge in [-0.15, -0.1) is 0 Å². The lowest BCUT2D eigenvalue weighted by Gasteiger charge is -2.26. The largest absolute Gasteiger partial charge is 0.497 e. The zero-order chi connectivity index (χ0) is 10.1. The summed E-state index contributed by atoms with van der Waals surface area (Å²) in [4.78, 5) is 0. The van der Waals surface area contributed by atoms with Gasteiger partial charge >= 0.3 is 0 Å². The van der Waals surface area contributed by atoms with Crippen molar-refractivity contribution in [2.45, 2.75) is 11.8 Å².